The number of fused-ring (bicyclic) bond motifs is 1. The third-order valence-electron chi connectivity index (χ3n) is 6.62. The van der Waals surface area contributed by atoms with Crippen LogP contribution in [0.25, 0.3) is 11.0 Å². The molecule has 41 heavy (non-hydrogen) atoms. The second-order valence-corrected chi connectivity index (χ2v) is 9.48. The van der Waals surface area contributed by atoms with Crippen molar-refractivity contribution >= 4 is 28.6 Å². The number of imide groups is 1. The van der Waals surface area contributed by atoms with Crippen LogP contribution in [-0.4, -0.2) is 36.5 Å². The van der Waals surface area contributed by atoms with E-state index < -0.39 is 47.6 Å². The van der Waals surface area contributed by atoms with Crippen molar-refractivity contribution in [3.63, 3.8) is 0 Å². The van der Waals surface area contributed by atoms with E-state index in [1.807, 2.05) is 6.92 Å². The third kappa shape index (κ3) is 6.49. The Morgan fingerprint density at radius 1 is 0.902 bits per heavy atom. The van der Waals surface area contributed by atoms with Crippen LogP contribution < -0.4 is 15.3 Å². The van der Waals surface area contributed by atoms with E-state index in [-0.39, 0.29) is 35.6 Å². The molecule has 0 bridgehead atoms. The summed E-state index contributed by atoms with van der Waals surface area (Å²) in [5.41, 5.74) is -3.42. The number of hydrogen-bond donors (Lipinski definition) is 0. The summed E-state index contributed by atoms with van der Waals surface area (Å²) < 4.78 is 91.5. The number of amides is 3. The zero-order valence-corrected chi connectivity index (χ0v) is 21.9. The summed E-state index contributed by atoms with van der Waals surface area (Å²) in [7, 11) is 0. The van der Waals surface area contributed by atoms with Gasteiger partial charge in [0.05, 0.1) is 23.4 Å². The molecule has 0 atom stereocenters. The molecule has 1 aliphatic rings. The van der Waals surface area contributed by atoms with Gasteiger partial charge in [-0.2, -0.15) is 26.3 Å². The van der Waals surface area contributed by atoms with Crippen LogP contribution in [0.2, 0.25) is 0 Å². The molecule has 2 aromatic carbocycles. The molecule has 0 spiro atoms. The molecule has 13 heteroatoms. The van der Waals surface area contributed by atoms with Gasteiger partial charge >= 0.3 is 24.0 Å². The predicted octanol–water partition coefficient (Wildman–Crippen LogP) is 6.80. The van der Waals surface area contributed by atoms with Crippen LogP contribution in [0.15, 0.2) is 51.7 Å². The molecule has 0 radical (unpaired) electrons. The minimum Gasteiger partial charge on any atom is -0.493 e. The maximum absolute atomic E-state index is 13.5. The molecule has 1 fully saturated rings. The Labute approximate surface area is 230 Å². The number of hydrogen-bond acceptors (Lipinski definition) is 5. The highest BCUT2D eigenvalue weighted by atomic mass is 19.4. The van der Waals surface area contributed by atoms with Crippen LogP contribution in [0.1, 0.15) is 49.3 Å². The first kappa shape index (κ1) is 29.9. The summed E-state index contributed by atoms with van der Waals surface area (Å²) in [6.45, 7) is 1.48. The van der Waals surface area contributed by atoms with Gasteiger partial charge in [0.25, 0.3) is 5.91 Å². The Kier molecular flexibility index (Phi) is 8.64. The normalized spacial score (nSPS) is 14.4. The highest BCUT2D eigenvalue weighted by molar-refractivity contribution is 6.12. The number of ether oxygens (including phenoxy) is 1. The number of para-hydroxylation sites is 1. The third-order valence-corrected chi connectivity index (χ3v) is 6.62. The number of unbranched alkanes of at least 4 members (excludes halogenated alkanes) is 2. The van der Waals surface area contributed by atoms with Crippen molar-refractivity contribution in [2.45, 2.75) is 51.4 Å². The standard InChI is InChI=1S/C28H26F6N2O5/c1-2-8-18-22(12-11-17-20(28(32,33)34)15-24(38)41-25(17)18)40-14-7-3-6-13-35-23(37)16-36(26(35)39)21-10-5-4-9-19(21)27(29,30)31/h4-5,9-12,15H,2-3,6-8,13-14,16H2,1H3. The molecule has 7 nitrogen and oxygen atoms in total. The van der Waals surface area contributed by atoms with E-state index in [2.05, 4.69) is 0 Å². The summed E-state index contributed by atoms with van der Waals surface area (Å²) in [5.74, 6) is -0.325. The fourth-order valence-corrected chi connectivity index (χ4v) is 4.75. The topological polar surface area (TPSA) is 80.1 Å². The lowest BCUT2D eigenvalue weighted by Crippen LogP contribution is -2.34. The molecule has 0 N–H and O–H groups in total. The maximum Gasteiger partial charge on any atom is 0.418 e. The van der Waals surface area contributed by atoms with Crippen molar-refractivity contribution < 1.29 is 45.1 Å². The number of urea groups is 1. The van der Waals surface area contributed by atoms with Gasteiger partial charge in [0.1, 0.15) is 17.9 Å². The number of carbonyl (C=O) groups is 2. The van der Waals surface area contributed by atoms with Gasteiger partial charge < -0.3 is 9.15 Å². The number of halogens is 6. The van der Waals surface area contributed by atoms with Gasteiger partial charge in [-0.05, 0) is 49.9 Å². The largest absolute Gasteiger partial charge is 0.493 e. The Morgan fingerprint density at radius 2 is 1.61 bits per heavy atom. The second kappa shape index (κ2) is 11.8. The number of carbonyl (C=O) groups excluding carboxylic acids is 2. The molecule has 3 aromatic rings. The van der Waals surface area contributed by atoms with Gasteiger partial charge in [0, 0.05) is 23.6 Å². The van der Waals surface area contributed by atoms with E-state index in [0.29, 0.717) is 43.7 Å². The summed E-state index contributed by atoms with van der Waals surface area (Å²) in [6, 6.07) is 6.73. The number of nitrogens with zero attached hydrogens (tertiary/aromatic N) is 2. The van der Waals surface area contributed by atoms with Gasteiger partial charge in [-0.15, -0.1) is 0 Å². The molecular formula is C28H26F6N2O5. The summed E-state index contributed by atoms with van der Waals surface area (Å²) in [4.78, 5) is 38.7. The Hall–Kier alpha value is -4.03. The van der Waals surface area contributed by atoms with Gasteiger partial charge in [0.15, 0.2) is 0 Å². The first-order valence-electron chi connectivity index (χ1n) is 12.9. The van der Waals surface area contributed by atoms with E-state index in [1.54, 1.807) is 0 Å². The molecule has 220 valence electrons. The molecule has 3 amide bonds. The number of alkyl halides is 6. The van der Waals surface area contributed by atoms with Gasteiger partial charge in [-0.25, -0.2) is 9.59 Å². The molecule has 0 saturated carbocycles. The van der Waals surface area contributed by atoms with Gasteiger partial charge in [-0.1, -0.05) is 25.5 Å². The lowest BCUT2D eigenvalue weighted by atomic mass is 10.0. The first-order chi connectivity index (χ1) is 19.3. The fourth-order valence-electron chi connectivity index (χ4n) is 4.75. The summed E-state index contributed by atoms with van der Waals surface area (Å²) >= 11 is 0. The van der Waals surface area contributed by atoms with Crippen LogP contribution in [0.5, 0.6) is 5.75 Å². The van der Waals surface area contributed by atoms with Crippen molar-refractivity contribution in [1.82, 2.24) is 4.90 Å². The second-order valence-electron chi connectivity index (χ2n) is 9.48. The number of aryl methyl sites for hydroxylation is 1. The van der Waals surface area contributed by atoms with Crippen LogP contribution in [0.3, 0.4) is 0 Å². The van der Waals surface area contributed by atoms with Crippen molar-refractivity contribution in [2.24, 2.45) is 0 Å². The molecule has 0 unspecified atom stereocenters. The Balaban J connectivity index is 1.36. The van der Waals surface area contributed by atoms with Gasteiger partial charge in [-0.3, -0.25) is 14.6 Å². The summed E-state index contributed by atoms with van der Waals surface area (Å²) in [5, 5.41) is -0.236. The number of anilines is 1. The first-order valence-corrected chi connectivity index (χ1v) is 12.9. The van der Waals surface area contributed by atoms with Crippen LogP contribution in [0, 0.1) is 0 Å². The van der Waals surface area contributed by atoms with Crippen molar-refractivity contribution in [2.75, 3.05) is 24.6 Å². The molecule has 0 aliphatic carbocycles. The van der Waals surface area contributed by atoms with Crippen LogP contribution >= 0.6 is 0 Å². The molecular weight excluding hydrogens is 558 g/mol. The minimum atomic E-state index is -4.74. The predicted molar refractivity (Wildman–Crippen MR) is 137 cm³/mol. The fraction of sp³-hybridized carbons (Fsp3) is 0.393. The smallest absolute Gasteiger partial charge is 0.418 e. The molecule has 1 aromatic heterocycles. The minimum absolute atomic E-state index is 0.00475. The van der Waals surface area contributed by atoms with Crippen LogP contribution in [-0.2, 0) is 23.6 Å². The monoisotopic (exact) mass is 584 g/mol. The SMILES string of the molecule is CCCc1c(OCCCCCN2C(=O)CN(c3ccccc3C(F)(F)F)C2=O)ccc2c(C(F)(F)F)cc(=O)oc12. The Bertz CT molecular complexity index is 1500. The van der Waals surface area contributed by atoms with Crippen molar-refractivity contribution in [3.8, 4) is 5.75 Å². The average Bonchev–Trinajstić information content (AvgIpc) is 3.18. The average molecular weight is 585 g/mol. The summed E-state index contributed by atoms with van der Waals surface area (Å²) in [6.07, 6.45) is -7.27. The van der Waals surface area contributed by atoms with E-state index >= 15 is 0 Å². The molecule has 2 heterocycles. The highest BCUT2D eigenvalue weighted by Gasteiger charge is 2.41. The van der Waals surface area contributed by atoms with E-state index in [9.17, 15) is 40.7 Å². The lowest BCUT2D eigenvalue weighted by Gasteiger charge is -2.21. The molecule has 1 saturated heterocycles. The molecule has 1 aliphatic heterocycles. The van der Waals surface area contributed by atoms with Crippen LogP contribution in [0.4, 0.5) is 36.8 Å². The zero-order chi connectivity index (χ0) is 29.9. The van der Waals surface area contributed by atoms with Crippen molar-refractivity contribution in [3.05, 3.63) is 69.6 Å². The quantitative estimate of drug-likeness (QED) is 0.113. The highest BCUT2D eigenvalue weighted by Crippen LogP contribution is 2.39. The zero-order valence-electron chi connectivity index (χ0n) is 21.9. The number of rotatable bonds is 10. The van der Waals surface area contributed by atoms with Crippen molar-refractivity contribution in [1.29, 1.82) is 0 Å². The van der Waals surface area contributed by atoms with E-state index in [1.165, 1.54) is 24.3 Å². The molecule has 4 rings (SSSR count). The van der Waals surface area contributed by atoms with Gasteiger partial charge in [0.2, 0.25) is 0 Å². The van der Waals surface area contributed by atoms with E-state index in [4.69, 9.17) is 9.15 Å². The number of benzene rings is 2. The Morgan fingerprint density at radius 3 is 2.29 bits per heavy atom. The van der Waals surface area contributed by atoms with E-state index in [0.717, 1.165) is 21.9 Å². The maximum atomic E-state index is 13.5. The lowest BCUT2D eigenvalue weighted by molar-refractivity contribution is -0.137.